The fourth-order valence-electron chi connectivity index (χ4n) is 8.25. The highest BCUT2D eigenvalue weighted by Crippen LogP contribution is 2.48. The van der Waals surface area contributed by atoms with Crippen molar-refractivity contribution in [2.24, 2.45) is 0 Å². The van der Waals surface area contributed by atoms with E-state index < -0.39 is 0 Å². The molecule has 4 aliphatic rings. The third-order valence-electron chi connectivity index (χ3n) is 11.0. The molecule has 0 fully saturated rings. The first-order valence-corrected chi connectivity index (χ1v) is 19.6. The zero-order valence-corrected chi connectivity index (χ0v) is 29.4. The molecule has 3 heterocycles. The van der Waals surface area contributed by atoms with Crippen LogP contribution in [0.1, 0.15) is 180 Å². The summed E-state index contributed by atoms with van der Waals surface area (Å²) in [6.07, 6.45) is 39.2. The van der Waals surface area contributed by atoms with Crippen LogP contribution in [-0.2, 0) is 0 Å². The standard InChI is InChI=1S/C42H69N2/c1-4-7-10-11-12-13-14-15-16-17-18-19-20-21-22-23-35-44(33-8-5-2,34-9-6-3)39-29-27-37(28-30-39)42-41-26-24-25-38-36-43(42)32-31-40(38)41/h27-32,36,42H,4-26,33-35H2,1-3H3/q+1. The highest BCUT2D eigenvalue weighted by Gasteiger charge is 2.35. The van der Waals surface area contributed by atoms with Gasteiger partial charge in [-0.2, -0.15) is 0 Å². The summed E-state index contributed by atoms with van der Waals surface area (Å²) in [5, 5.41) is 0. The SMILES string of the molecule is CCCCCCCCCCCCCCCCCC[N+](CCCC)(CCCC)c1ccc(C2C3=C4C=CN2C=C4CCC3)cc1. The molecule has 2 nitrogen and oxygen atoms in total. The van der Waals surface area contributed by atoms with Gasteiger partial charge in [0.05, 0.1) is 25.7 Å². The number of quaternary nitrogens is 1. The Morgan fingerprint density at radius 1 is 0.591 bits per heavy atom. The van der Waals surface area contributed by atoms with Crippen LogP contribution in [0.5, 0.6) is 0 Å². The molecular formula is C42H69N2+. The molecule has 1 unspecified atom stereocenters. The predicted octanol–water partition coefficient (Wildman–Crippen LogP) is 13.1. The molecule has 1 aromatic carbocycles. The molecule has 0 saturated heterocycles. The molecule has 0 spiro atoms. The molecule has 3 aliphatic heterocycles. The lowest BCUT2D eigenvalue weighted by molar-refractivity contribution is 0.257. The van der Waals surface area contributed by atoms with Crippen molar-refractivity contribution in [1.29, 1.82) is 0 Å². The molecule has 0 radical (unpaired) electrons. The quantitative estimate of drug-likeness (QED) is 0.0796. The zero-order chi connectivity index (χ0) is 30.9. The van der Waals surface area contributed by atoms with E-state index in [2.05, 4.69) is 68.4 Å². The molecule has 4 bridgehead atoms. The fraction of sp³-hybridized carbons (Fsp3) is 0.714. The van der Waals surface area contributed by atoms with Crippen molar-refractivity contribution >= 4 is 5.69 Å². The molecule has 0 N–H and O–H groups in total. The van der Waals surface area contributed by atoms with E-state index in [1.54, 1.807) is 22.4 Å². The van der Waals surface area contributed by atoms with Crippen LogP contribution in [0, 0.1) is 0 Å². The maximum absolute atomic E-state index is 2.53. The van der Waals surface area contributed by atoms with Crippen molar-refractivity contribution in [3.63, 3.8) is 0 Å². The molecule has 0 amide bonds. The van der Waals surface area contributed by atoms with Gasteiger partial charge in [0.1, 0.15) is 5.69 Å². The molecule has 1 aromatic rings. The summed E-state index contributed by atoms with van der Waals surface area (Å²) in [4.78, 5) is 2.48. The van der Waals surface area contributed by atoms with Gasteiger partial charge in [-0.05, 0) is 85.4 Å². The number of unbranched alkanes of at least 4 members (excludes halogenated alkanes) is 17. The first-order valence-electron chi connectivity index (χ1n) is 19.6. The highest BCUT2D eigenvalue weighted by molar-refractivity contribution is 5.56. The first kappa shape index (κ1) is 35.1. The summed E-state index contributed by atoms with van der Waals surface area (Å²) in [5.41, 5.74) is 7.83. The Kier molecular flexibility index (Phi) is 15.7. The van der Waals surface area contributed by atoms with Crippen LogP contribution in [-0.4, -0.2) is 24.5 Å². The van der Waals surface area contributed by atoms with Crippen LogP contribution >= 0.6 is 0 Å². The Morgan fingerprint density at radius 3 is 1.64 bits per heavy atom. The van der Waals surface area contributed by atoms with Crippen LogP contribution in [0.25, 0.3) is 0 Å². The van der Waals surface area contributed by atoms with E-state index in [1.807, 2.05) is 0 Å². The average Bonchev–Trinajstić information content (AvgIpc) is 3.06. The number of rotatable bonds is 25. The number of benzene rings is 1. The third kappa shape index (κ3) is 10.1. The maximum atomic E-state index is 2.53. The number of allylic oxidation sites excluding steroid dienone is 3. The fourth-order valence-corrected chi connectivity index (χ4v) is 8.25. The Morgan fingerprint density at radius 2 is 1.09 bits per heavy atom. The largest absolute Gasteiger partial charge is 0.343 e. The molecule has 0 aromatic heterocycles. The van der Waals surface area contributed by atoms with Crippen LogP contribution in [0.4, 0.5) is 5.69 Å². The van der Waals surface area contributed by atoms with Gasteiger partial charge >= 0.3 is 0 Å². The van der Waals surface area contributed by atoms with Gasteiger partial charge in [0.15, 0.2) is 0 Å². The van der Waals surface area contributed by atoms with Crippen LogP contribution in [0.3, 0.4) is 0 Å². The lowest BCUT2D eigenvalue weighted by atomic mass is 9.77. The second-order valence-electron chi connectivity index (χ2n) is 14.5. The smallest absolute Gasteiger partial charge is 0.132 e. The van der Waals surface area contributed by atoms with Crippen molar-refractivity contribution in [3.8, 4) is 0 Å². The molecule has 44 heavy (non-hydrogen) atoms. The maximum Gasteiger partial charge on any atom is 0.132 e. The molecule has 0 saturated carbocycles. The van der Waals surface area contributed by atoms with Crippen molar-refractivity contribution < 1.29 is 0 Å². The summed E-state index contributed by atoms with van der Waals surface area (Å²) in [5.74, 6) is 0. The van der Waals surface area contributed by atoms with Crippen LogP contribution in [0.15, 0.2) is 59.5 Å². The second kappa shape index (κ2) is 19.7. The van der Waals surface area contributed by atoms with Crippen molar-refractivity contribution in [1.82, 2.24) is 9.38 Å². The molecule has 2 heteroatoms. The third-order valence-corrected chi connectivity index (χ3v) is 11.0. The van der Waals surface area contributed by atoms with E-state index in [0.717, 1.165) is 0 Å². The predicted molar refractivity (Wildman–Crippen MR) is 195 cm³/mol. The van der Waals surface area contributed by atoms with Crippen molar-refractivity contribution in [3.05, 3.63) is 65.0 Å². The molecular weight excluding hydrogens is 532 g/mol. The van der Waals surface area contributed by atoms with Gasteiger partial charge in [-0.1, -0.05) is 136 Å². The van der Waals surface area contributed by atoms with E-state index in [1.165, 1.54) is 177 Å². The minimum Gasteiger partial charge on any atom is -0.343 e. The van der Waals surface area contributed by atoms with E-state index in [0.29, 0.717) is 6.04 Å². The van der Waals surface area contributed by atoms with Crippen molar-refractivity contribution in [2.45, 2.75) is 174 Å². The van der Waals surface area contributed by atoms with Gasteiger partial charge in [-0.3, -0.25) is 4.48 Å². The van der Waals surface area contributed by atoms with Gasteiger partial charge in [-0.25, -0.2) is 0 Å². The summed E-state index contributed by atoms with van der Waals surface area (Å²) in [7, 11) is 0. The Balaban J connectivity index is 1.21. The van der Waals surface area contributed by atoms with E-state index in [4.69, 9.17) is 0 Å². The summed E-state index contributed by atoms with van der Waals surface area (Å²) < 4.78 is 1.20. The van der Waals surface area contributed by atoms with Gasteiger partial charge in [-0.15, -0.1) is 0 Å². The lowest BCUT2D eigenvalue weighted by Gasteiger charge is -2.43. The summed E-state index contributed by atoms with van der Waals surface area (Å²) in [6, 6.07) is 10.4. The molecule has 1 aliphatic carbocycles. The lowest BCUT2D eigenvalue weighted by Crippen LogP contribution is -2.51. The number of hydrogen-bond donors (Lipinski definition) is 0. The van der Waals surface area contributed by atoms with Crippen molar-refractivity contribution in [2.75, 3.05) is 19.6 Å². The molecule has 246 valence electrons. The zero-order valence-electron chi connectivity index (χ0n) is 29.4. The second-order valence-corrected chi connectivity index (χ2v) is 14.5. The summed E-state index contributed by atoms with van der Waals surface area (Å²) in [6.45, 7) is 11.0. The Bertz CT molecular complexity index is 1020. The Labute approximate surface area is 273 Å². The van der Waals surface area contributed by atoms with Gasteiger partial charge in [0, 0.05) is 12.4 Å². The van der Waals surface area contributed by atoms with E-state index >= 15 is 0 Å². The van der Waals surface area contributed by atoms with Crippen LogP contribution < -0.4 is 4.48 Å². The van der Waals surface area contributed by atoms with Gasteiger partial charge < -0.3 is 4.90 Å². The summed E-state index contributed by atoms with van der Waals surface area (Å²) >= 11 is 0. The monoisotopic (exact) mass is 602 g/mol. The normalized spacial score (nSPS) is 17.6. The first-order chi connectivity index (χ1) is 21.7. The number of nitrogens with zero attached hydrogens (tertiary/aromatic N) is 2. The topological polar surface area (TPSA) is 3.24 Å². The van der Waals surface area contributed by atoms with Gasteiger partial charge in [0.25, 0.3) is 0 Å². The Hall–Kier alpha value is -1.80. The van der Waals surface area contributed by atoms with E-state index in [-0.39, 0.29) is 0 Å². The molecule has 1 atom stereocenters. The minimum atomic E-state index is 0.418. The minimum absolute atomic E-state index is 0.418. The number of hydrogen-bond acceptors (Lipinski definition) is 1. The van der Waals surface area contributed by atoms with Crippen LogP contribution in [0.2, 0.25) is 0 Å². The van der Waals surface area contributed by atoms with Gasteiger partial charge in [0.2, 0.25) is 0 Å². The molecule has 5 rings (SSSR count). The highest BCUT2D eigenvalue weighted by atomic mass is 15.4. The average molecular weight is 602 g/mol. The van der Waals surface area contributed by atoms with E-state index in [9.17, 15) is 0 Å².